The van der Waals surface area contributed by atoms with E-state index in [1.165, 1.54) is 16.8 Å². The molecule has 6 nitrogen and oxygen atoms in total. The molecule has 0 aliphatic carbocycles. The molecule has 0 aliphatic heterocycles. The van der Waals surface area contributed by atoms with Crippen LogP contribution in [-0.4, -0.2) is 14.6 Å². The molecule has 4 aromatic rings. The summed E-state index contributed by atoms with van der Waals surface area (Å²) in [7, 11) is 0. The highest BCUT2D eigenvalue weighted by molar-refractivity contribution is 5.76. The molecule has 0 bridgehead atoms. The highest BCUT2D eigenvalue weighted by Crippen LogP contribution is 2.28. The zero-order valence-electron chi connectivity index (χ0n) is 13.1. The number of H-pyrrole nitrogens is 1. The van der Waals surface area contributed by atoms with Gasteiger partial charge in [-0.1, -0.05) is 30.3 Å². The molecule has 25 heavy (non-hydrogen) atoms. The monoisotopic (exact) mass is 327 g/mol. The van der Waals surface area contributed by atoms with Crippen molar-refractivity contribution in [2.45, 2.75) is 0 Å². The van der Waals surface area contributed by atoms with E-state index in [1.54, 1.807) is 6.07 Å². The average Bonchev–Trinajstić information content (AvgIpc) is 3.05. The summed E-state index contributed by atoms with van der Waals surface area (Å²) in [6.45, 7) is 0. The van der Waals surface area contributed by atoms with Crippen molar-refractivity contribution in [2.24, 2.45) is 0 Å². The third-order valence-electron chi connectivity index (χ3n) is 3.98. The van der Waals surface area contributed by atoms with E-state index >= 15 is 0 Å². The zero-order valence-corrected chi connectivity index (χ0v) is 13.1. The smallest absolute Gasteiger partial charge is 0.273 e. The second-order valence-electron chi connectivity index (χ2n) is 5.65. The predicted molar refractivity (Wildman–Crippen MR) is 95.8 cm³/mol. The number of aromatic amines is 1. The van der Waals surface area contributed by atoms with E-state index in [1.807, 2.05) is 48.5 Å². The minimum atomic E-state index is -0.287. The van der Waals surface area contributed by atoms with Crippen molar-refractivity contribution in [1.82, 2.24) is 14.6 Å². The van der Waals surface area contributed by atoms with Crippen molar-refractivity contribution in [3.05, 3.63) is 76.7 Å². The van der Waals surface area contributed by atoms with Gasteiger partial charge in [0.15, 0.2) is 5.65 Å². The van der Waals surface area contributed by atoms with Crippen LogP contribution in [0.2, 0.25) is 0 Å². The van der Waals surface area contributed by atoms with E-state index in [4.69, 9.17) is 11.0 Å². The maximum atomic E-state index is 12.3. The molecule has 0 spiro atoms. The number of nitrogens with two attached hydrogens (primary N) is 1. The van der Waals surface area contributed by atoms with Gasteiger partial charge in [-0.05, 0) is 29.3 Å². The standard InChI is InChI=1S/C19H13N5O/c20-10-15-11-22-24-18(25)9-17(23-19(15)24)14-6-13(7-16(21)8-14)12-4-2-1-3-5-12/h1-9,11,22H,21H2. The quantitative estimate of drug-likeness (QED) is 0.553. The van der Waals surface area contributed by atoms with Crippen LogP contribution in [-0.2, 0) is 0 Å². The second kappa shape index (κ2) is 5.65. The topological polar surface area (TPSA) is 100.0 Å². The molecule has 3 N–H and O–H groups in total. The molecule has 0 amide bonds. The van der Waals surface area contributed by atoms with Crippen LogP contribution in [0.1, 0.15) is 5.56 Å². The van der Waals surface area contributed by atoms with Crippen molar-refractivity contribution in [3.63, 3.8) is 0 Å². The third kappa shape index (κ3) is 2.54. The molecule has 0 radical (unpaired) electrons. The summed E-state index contributed by atoms with van der Waals surface area (Å²) in [5, 5.41) is 11.9. The molecular weight excluding hydrogens is 314 g/mol. The van der Waals surface area contributed by atoms with E-state index < -0.39 is 0 Å². The Morgan fingerprint density at radius 1 is 1.04 bits per heavy atom. The molecule has 0 saturated carbocycles. The van der Waals surface area contributed by atoms with Gasteiger partial charge in [-0.3, -0.25) is 9.89 Å². The number of benzene rings is 2. The molecule has 2 aromatic heterocycles. The summed E-state index contributed by atoms with van der Waals surface area (Å²) >= 11 is 0. The molecule has 4 rings (SSSR count). The number of nitrogen functional groups attached to an aromatic ring is 1. The molecular formula is C19H13N5O. The third-order valence-corrected chi connectivity index (χ3v) is 3.98. The van der Waals surface area contributed by atoms with Crippen LogP contribution in [0.15, 0.2) is 65.6 Å². The van der Waals surface area contributed by atoms with Gasteiger partial charge in [0.1, 0.15) is 11.6 Å². The summed E-state index contributed by atoms with van der Waals surface area (Å²) < 4.78 is 1.24. The Morgan fingerprint density at radius 3 is 2.56 bits per heavy atom. The highest BCUT2D eigenvalue weighted by atomic mass is 16.1. The van der Waals surface area contributed by atoms with Crippen LogP contribution in [0.5, 0.6) is 0 Å². The average molecular weight is 327 g/mol. The number of anilines is 1. The fourth-order valence-corrected chi connectivity index (χ4v) is 2.81. The number of fused-ring (bicyclic) bond motifs is 1. The first-order valence-electron chi connectivity index (χ1n) is 7.63. The first-order chi connectivity index (χ1) is 12.2. The fraction of sp³-hybridized carbons (Fsp3) is 0. The minimum Gasteiger partial charge on any atom is -0.399 e. The van der Waals surface area contributed by atoms with E-state index in [0.717, 1.165) is 16.7 Å². The Balaban J connectivity index is 1.93. The Morgan fingerprint density at radius 2 is 1.80 bits per heavy atom. The minimum absolute atomic E-state index is 0.287. The maximum absolute atomic E-state index is 12.3. The fourth-order valence-electron chi connectivity index (χ4n) is 2.81. The van der Waals surface area contributed by atoms with Crippen LogP contribution in [0.25, 0.3) is 28.0 Å². The van der Waals surface area contributed by atoms with Crippen molar-refractivity contribution in [3.8, 4) is 28.5 Å². The normalized spacial score (nSPS) is 10.7. The van der Waals surface area contributed by atoms with Crippen LogP contribution < -0.4 is 11.3 Å². The largest absolute Gasteiger partial charge is 0.399 e. The van der Waals surface area contributed by atoms with Gasteiger partial charge in [0.2, 0.25) is 0 Å². The lowest BCUT2D eigenvalue weighted by atomic mass is 10.0. The summed E-state index contributed by atoms with van der Waals surface area (Å²) in [6, 6.07) is 18.9. The number of rotatable bonds is 2. The van der Waals surface area contributed by atoms with Crippen molar-refractivity contribution < 1.29 is 0 Å². The van der Waals surface area contributed by atoms with Crippen LogP contribution in [0.4, 0.5) is 5.69 Å². The number of nitrogens with one attached hydrogen (secondary N) is 1. The summed E-state index contributed by atoms with van der Waals surface area (Å²) in [4.78, 5) is 16.8. The molecule has 0 unspecified atom stereocenters. The van der Waals surface area contributed by atoms with Crippen molar-refractivity contribution in [2.75, 3.05) is 5.73 Å². The summed E-state index contributed by atoms with van der Waals surface area (Å²) in [5.74, 6) is 0. The number of nitrogens with zero attached hydrogens (tertiary/aromatic N) is 3. The molecule has 0 saturated heterocycles. The summed E-state index contributed by atoms with van der Waals surface area (Å²) in [6.07, 6.45) is 1.46. The van der Waals surface area contributed by atoms with Gasteiger partial charge in [-0.25, -0.2) is 9.50 Å². The molecule has 0 fully saturated rings. The number of hydrogen-bond donors (Lipinski definition) is 2. The molecule has 0 atom stereocenters. The Hall–Kier alpha value is -3.85. The van der Waals surface area contributed by atoms with E-state index in [9.17, 15) is 4.79 Å². The Labute approximate surface area is 142 Å². The molecule has 2 aromatic carbocycles. The Bertz CT molecular complexity index is 1180. The predicted octanol–water partition coefficient (Wildman–Crippen LogP) is 2.81. The molecule has 2 heterocycles. The number of hydrogen-bond acceptors (Lipinski definition) is 4. The van der Waals surface area contributed by atoms with Gasteiger partial charge in [0.05, 0.1) is 5.69 Å². The zero-order chi connectivity index (χ0) is 17.4. The highest BCUT2D eigenvalue weighted by Gasteiger charge is 2.11. The van der Waals surface area contributed by atoms with Gasteiger partial charge in [-0.15, -0.1) is 0 Å². The Kier molecular flexibility index (Phi) is 3.33. The van der Waals surface area contributed by atoms with E-state index in [-0.39, 0.29) is 5.56 Å². The summed E-state index contributed by atoms with van der Waals surface area (Å²) in [5.41, 5.74) is 10.1. The van der Waals surface area contributed by atoms with Crippen LogP contribution in [0.3, 0.4) is 0 Å². The lowest BCUT2D eigenvalue weighted by Gasteiger charge is -2.08. The van der Waals surface area contributed by atoms with Gasteiger partial charge in [-0.2, -0.15) is 5.26 Å². The van der Waals surface area contributed by atoms with E-state index in [2.05, 4.69) is 10.1 Å². The van der Waals surface area contributed by atoms with Crippen molar-refractivity contribution >= 4 is 11.3 Å². The van der Waals surface area contributed by atoms with Crippen LogP contribution in [0, 0.1) is 11.3 Å². The lowest BCUT2D eigenvalue weighted by molar-refractivity contribution is 0.901. The van der Waals surface area contributed by atoms with Crippen molar-refractivity contribution in [1.29, 1.82) is 5.26 Å². The first kappa shape index (κ1) is 14.7. The molecule has 120 valence electrons. The molecule has 0 aliphatic rings. The van der Waals surface area contributed by atoms with Crippen LogP contribution >= 0.6 is 0 Å². The van der Waals surface area contributed by atoms with E-state index in [0.29, 0.717) is 22.6 Å². The number of nitriles is 1. The first-order valence-corrected chi connectivity index (χ1v) is 7.63. The lowest BCUT2D eigenvalue weighted by Crippen LogP contribution is -2.14. The number of aromatic nitrogens is 3. The van der Waals surface area contributed by atoms with Gasteiger partial charge >= 0.3 is 0 Å². The van der Waals surface area contributed by atoms with Gasteiger partial charge in [0.25, 0.3) is 5.56 Å². The SMILES string of the molecule is N#Cc1c[nH]n2c(=O)cc(-c3cc(N)cc(-c4ccccc4)c3)nc12. The molecule has 6 heteroatoms. The van der Waals surface area contributed by atoms with Gasteiger partial charge in [0, 0.05) is 23.5 Å². The maximum Gasteiger partial charge on any atom is 0.273 e. The van der Waals surface area contributed by atoms with Gasteiger partial charge < -0.3 is 5.73 Å². The second-order valence-corrected chi connectivity index (χ2v) is 5.65.